The second-order valence-corrected chi connectivity index (χ2v) is 3.59. The molecule has 0 saturated carbocycles. The van der Waals surface area contributed by atoms with E-state index in [4.69, 9.17) is 10.5 Å². The molecular formula is C11H13ClF3NO2. The number of halogens is 4. The standard InChI is InChI=1S/C11H12F3NO2.ClH/c1-7(16)17-9-4-2-3-8(5-9)10(15)6-11(12,13)14;/h2-5,10H,6,15H2,1H3;1H/t10-;/m1./s1. The van der Waals surface area contributed by atoms with Gasteiger partial charge in [0.2, 0.25) is 0 Å². The zero-order valence-corrected chi connectivity index (χ0v) is 10.3. The van der Waals surface area contributed by atoms with Gasteiger partial charge < -0.3 is 10.5 Å². The monoisotopic (exact) mass is 283 g/mol. The van der Waals surface area contributed by atoms with Gasteiger partial charge in [-0.05, 0) is 17.7 Å². The lowest BCUT2D eigenvalue weighted by molar-refractivity contribution is -0.138. The Bertz CT molecular complexity index is 410. The van der Waals surface area contributed by atoms with Crippen LogP contribution in [0.25, 0.3) is 0 Å². The Morgan fingerprint density at radius 1 is 1.44 bits per heavy atom. The number of esters is 1. The minimum absolute atomic E-state index is 0. The topological polar surface area (TPSA) is 52.3 Å². The number of alkyl halides is 3. The van der Waals surface area contributed by atoms with Crippen molar-refractivity contribution in [1.29, 1.82) is 0 Å². The third-order valence-corrected chi connectivity index (χ3v) is 2.00. The summed E-state index contributed by atoms with van der Waals surface area (Å²) in [5, 5.41) is 0. The van der Waals surface area contributed by atoms with Crippen molar-refractivity contribution in [2.24, 2.45) is 5.73 Å². The number of hydrogen-bond donors (Lipinski definition) is 1. The predicted molar refractivity (Wildman–Crippen MR) is 62.6 cm³/mol. The molecule has 0 aromatic heterocycles. The molecule has 1 aromatic carbocycles. The summed E-state index contributed by atoms with van der Waals surface area (Å²) in [5.74, 6) is -0.348. The zero-order chi connectivity index (χ0) is 13.1. The van der Waals surface area contributed by atoms with Crippen molar-refractivity contribution >= 4 is 18.4 Å². The second kappa shape index (κ2) is 6.61. The Kier molecular flexibility index (Phi) is 6.14. The molecule has 0 radical (unpaired) electrons. The minimum Gasteiger partial charge on any atom is -0.427 e. The zero-order valence-electron chi connectivity index (χ0n) is 9.53. The molecule has 102 valence electrons. The quantitative estimate of drug-likeness (QED) is 0.685. The molecule has 0 bridgehead atoms. The van der Waals surface area contributed by atoms with E-state index in [-0.39, 0.29) is 23.7 Å². The molecule has 0 aliphatic carbocycles. The van der Waals surface area contributed by atoms with Crippen molar-refractivity contribution in [1.82, 2.24) is 0 Å². The number of benzene rings is 1. The molecule has 0 aliphatic heterocycles. The van der Waals surface area contributed by atoms with Gasteiger partial charge in [-0.3, -0.25) is 4.79 Å². The molecule has 0 unspecified atom stereocenters. The Morgan fingerprint density at radius 3 is 2.56 bits per heavy atom. The van der Waals surface area contributed by atoms with Gasteiger partial charge in [0.25, 0.3) is 0 Å². The van der Waals surface area contributed by atoms with E-state index in [9.17, 15) is 18.0 Å². The van der Waals surface area contributed by atoms with Crippen molar-refractivity contribution in [3.05, 3.63) is 29.8 Å². The number of hydrogen-bond acceptors (Lipinski definition) is 3. The highest BCUT2D eigenvalue weighted by molar-refractivity contribution is 5.85. The maximum atomic E-state index is 12.1. The number of nitrogens with two attached hydrogens (primary N) is 1. The molecule has 2 N–H and O–H groups in total. The molecule has 0 amide bonds. The molecule has 18 heavy (non-hydrogen) atoms. The van der Waals surface area contributed by atoms with Crippen LogP contribution in [0.5, 0.6) is 5.75 Å². The van der Waals surface area contributed by atoms with Crippen LogP contribution in [0, 0.1) is 0 Å². The maximum Gasteiger partial charge on any atom is 0.390 e. The molecular weight excluding hydrogens is 271 g/mol. The second-order valence-electron chi connectivity index (χ2n) is 3.59. The molecule has 0 aliphatic rings. The molecule has 0 heterocycles. The van der Waals surface area contributed by atoms with E-state index in [2.05, 4.69) is 0 Å². The third kappa shape index (κ3) is 5.88. The van der Waals surface area contributed by atoms with Gasteiger partial charge in [0.1, 0.15) is 5.75 Å². The molecule has 7 heteroatoms. The summed E-state index contributed by atoms with van der Waals surface area (Å²) < 4.78 is 41.2. The van der Waals surface area contributed by atoms with Gasteiger partial charge in [-0.2, -0.15) is 13.2 Å². The Labute approximate surface area is 109 Å². The van der Waals surface area contributed by atoms with E-state index in [1.54, 1.807) is 0 Å². The van der Waals surface area contributed by atoms with Gasteiger partial charge >= 0.3 is 12.1 Å². The fraction of sp³-hybridized carbons (Fsp3) is 0.364. The highest BCUT2D eigenvalue weighted by Crippen LogP contribution is 2.29. The van der Waals surface area contributed by atoms with Crippen LogP contribution in [-0.2, 0) is 4.79 Å². The van der Waals surface area contributed by atoms with Gasteiger partial charge in [-0.1, -0.05) is 12.1 Å². The molecule has 0 spiro atoms. The fourth-order valence-electron chi connectivity index (χ4n) is 1.34. The summed E-state index contributed by atoms with van der Waals surface area (Å²) in [6.07, 6.45) is -5.44. The SMILES string of the molecule is CC(=O)Oc1cccc([C@H](N)CC(F)(F)F)c1.Cl. The molecule has 1 aromatic rings. The number of ether oxygens (including phenoxy) is 1. The summed E-state index contributed by atoms with van der Waals surface area (Å²) in [5.41, 5.74) is 5.70. The van der Waals surface area contributed by atoms with E-state index < -0.39 is 24.6 Å². The molecule has 3 nitrogen and oxygen atoms in total. The average Bonchev–Trinajstić information content (AvgIpc) is 2.14. The van der Waals surface area contributed by atoms with Crippen LogP contribution in [0.2, 0.25) is 0 Å². The summed E-state index contributed by atoms with van der Waals surface area (Å²) in [6, 6.07) is 4.60. The highest BCUT2D eigenvalue weighted by Gasteiger charge is 2.30. The van der Waals surface area contributed by atoms with E-state index in [1.807, 2.05) is 0 Å². The number of rotatable bonds is 3. The first-order valence-corrected chi connectivity index (χ1v) is 4.88. The molecule has 1 rings (SSSR count). The Balaban J connectivity index is 0.00000289. The van der Waals surface area contributed by atoms with E-state index >= 15 is 0 Å². The van der Waals surface area contributed by atoms with Crippen molar-refractivity contribution < 1.29 is 22.7 Å². The number of carbonyl (C=O) groups is 1. The fourth-order valence-corrected chi connectivity index (χ4v) is 1.34. The van der Waals surface area contributed by atoms with E-state index in [0.717, 1.165) is 0 Å². The summed E-state index contributed by atoms with van der Waals surface area (Å²) in [4.78, 5) is 10.7. The van der Waals surface area contributed by atoms with Crippen molar-refractivity contribution in [3.8, 4) is 5.75 Å². The van der Waals surface area contributed by atoms with Crippen LogP contribution >= 0.6 is 12.4 Å². The molecule has 1 atom stereocenters. The van der Waals surface area contributed by atoms with Crippen LogP contribution in [0.3, 0.4) is 0 Å². The Hall–Kier alpha value is -1.27. The summed E-state index contributed by atoms with van der Waals surface area (Å²) in [6.45, 7) is 1.21. The minimum atomic E-state index is -4.32. The van der Waals surface area contributed by atoms with Gasteiger partial charge in [-0.25, -0.2) is 0 Å². The van der Waals surface area contributed by atoms with Gasteiger partial charge in [0.15, 0.2) is 0 Å². The van der Waals surface area contributed by atoms with Gasteiger partial charge in [0, 0.05) is 13.0 Å². The van der Waals surface area contributed by atoms with Crippen LogP contribution in [0.4, 0.5) is 13.2 Å². The maximum absolute atomic E-state index is 12.1. The van der Waals surface area contributed by atoms with Crippen molar-refractivity contribution in [3.63, 3.8) is 0 Å². The number of carbonyl (C=O) groups excluding carboxylic acids is 1. The first kappa shape index (κ1) is 16.7. The largest absolute Gasteiger partial charge is 0.427 e. The summed E-state index contributed by atoms with van der Waals surface area (Å²) >= 11 is 0. The average molecular weight is 284 g/mol. The van der Waals surface area contributed by atoms with Crippen molar-refractivity contribution in [2.75, 3.05) is 0 Å². The smallest absolute Gasteiger partial charge is 0.390 e. The van der Waals surface area contributed by atoms with Gasteiger partial charge in [-0.15, -0.1) is 12.4 Å². The highest BCUT2D eigenvalue weighted by atomic mass is 35.5. The van der Waals surface area contributed by atoms with Crippen LogP contribution < -0.4 is 10.5 Å². The predicted octanol–water partition coefficient (Wildman–Crippen LogP) is 2.99. The molecule has 0 fully saturated rings. The lowest BCUT2D eigenvalue weighted by Crippen LogP contribution is -2.20. The lowest BCUT2D eigenvalue weighted by atomic mass is 10.0. The van der Waals surface area contributed by atoms with Crippen LogP contribution in [0.1, 0.15) is 24.9 Å². The first-order valence-electron chi connectivity index (χ1n) is 4.88. The third-order valence-electron chi connectivity index (χ3n) is 2.00. The van der Waals surface area contributed by atoms with E-state index in [0.29, 0.717) is 0 Å². The normalized spacial score (nSPS) is 12.5. The van der Waals surface area contributed by atoms with Crippen LogP contribution in [-0.4, -0.2) is 12.1 Å². The lowest BCUT2D eigenvalue weighted by Gasteiger charge is -2.15. The first-order chi connectivity index (χ1) is 7.78. The molecule has 0 saturated heterocycles. The Morgan fingerprint density at radius 2 is 2.06 bits per heavy atom. The van der Waals surface area contributed by atoms with Crippen molar-refractivity contribution in [2.45, 2.75) is 25.6 Å². The summed E-state index contributed by atoms with van der Waals surface area (Å²) in [7, 11) is 0. The van der Waals surface area contributed by atoms with E-state index in [1.165, 1.54) is 31.2 Å². The van der Waals surface area contributed by atoms with Crippen LogP contribution in [0.15, 0.2) is 24.3 Å². The van der Waals surface area contributed by atoms with Gasteiger partial charge in [0.05, 0.1) is 6.42 Å².